The minimum atomic E-state index is -0.913. The van der Waals surface area contributed by atoms with Crippen molar-refractivity contribution in [2.45, 2.75) is 32.7 Å². The summed E-state index contributed by atoms with van der Waals surface area (Å²) in [6, 6.07) is 0.192. The van der Waals surface area contributed by atoms with Gasteiger partial charge in [0.15, 0.2) is 0 Å². The van der Waals surface area contributed by atoms with E-state index >= 15 is 0 Å². The summed E-state index contributed by atoms with van der Waals surface area (Å²) in [5.41, 5.74) is 0. The van der Waals surface area contributed by atoms with Gasteiger partial charge in [0.25, 0.3) is 0 Å². The van der Waals surface area contributed by atoms with Crippen molar-refractivity contribution in [1.82, 2.24) is 15.5 Å². The first kappa shape index (κ1) is 15.7. The molecule has 0 fully saturated rings. The Kier molecular flexibility index (Phi) is 8.13. The Bertz CT molecular complexity index is 244. The second-order valence-corrected chi connectivity index (χ2v) is 4.25. The predicted molar refractivity (Wildman–Crippen MR) is 66.0 cm³/mol. The van der Waals surface area contributed by atoms with Crippen molar-refractivity contribution in [3.8, 4) is 0 Å². The van der Waals surface area contributed by atoms with Gasteiger partial charge in [-0.3, -0.25) is 4.79 Å². The third-order valence-corrected chi connectivity index (χ3v) is 2.48. The van der Waals surface area contributed by atoms with E-state index < -0.39 is 5.97 Å². The summed E-state index contributed by atoms with van der Waals surface area (Å²) in [5, 5.41) is 13.5. The summed E-state index contributed by atoms with van der Waals surface area (Å²) >= 11 is 0. The first-order valence-electron chi connectivity index (χ1n) is 5.87. The molecule has 0 atom stereocenters. The number of urea groups is 1. The molecule has 0 unspecified atom stereocenters. The first-order valence-corrected chi connectivity index (χ1v) is 5.87. The second kappa shape index (κ2) is 8.81. The fourth-order valence-corrected chi connectivity index (χ4v) is 1.13. The standard InChI is InChI=1S/C11H23N3O3/c1-9(2)14(3)8-4-6-12-11(17)13-7-5-10(15)16/h9H,4-8H2,1-3H3,(H,15,16)(H2,12,13,17). The van der Waals surface area contributed by atoms with E-state index in [0.717, 1.165) is 13.0 Å². The number of hydrogen-bond donors (Lipinski definition) is 3. The molecule has 0 saturated carbocycles. The van der Waals surface area contributed by atoms with E-state index in [-0.39, 0.29) is 19.0 Å². The van der Waals surface area contributed by atoms with Gasteiger partial charge in [-0.15, -0.1) is 0 Å². The van der Waals surface area contributed by atoms with E-state index in [9.17, 15) is 9.59 Å². The number of carboxylic acids is 1. The van der Waals surface area contributed by atoms with Gasteiger partial charge in [-0.05, 0) is 33.9 Å². The molecule has 0 bridgehead atoms. The molecule has 0 rings (SSSR count). The van der Waals surface area contributed by atoms with Crippen molar-refractivity contribution < 1.29 is 14.7 Å². The lowest BCUT2D eigenvalue weighted by Crippen LogP contribution is -2.38. The van der Waals surface area contributed by atoms with Gasteiger partial charge in [-0.2, -0.15) is 0 Å². The Morgan fingerprint density at radius 2 is 1.82 bits per heavy atom. The zero-order valence-electron chi connectivity index (χ0n) is 10.8. The van der Waals surface area contributed by atoms with Crippen LogP contribution in [0.3, 0.4) is 0 Å². The SMILES string of the molecule is CC(C)N(C)CCCNC(=O)NCCC(=O)O. The molecule has 17 heavy (non-hydrogen) atoms. The Morgan fingerprint density at radius 3 is 2.35 bits per heavy atom. The summed E-state index contributed by atoms with van der Waals surface area (Å²) in [7, 11) is 2.04. The van der Waals surface area contributed by atoms with E-state index in [0.29, 0.717) is 12.6 Å². The average Bonchev–Trinajstić information content (AvgIpc) is 2.23. The normalized spacial score (nSPS) is 10.6. The summed E-state index contributed by atoms with van der Waals surface area (Å²) in [5.74, 6) is -0.913. The summed E-state index contributed by atoms with van der Waals surface area (Å²) < 4.78 is 0. The van der Waals surface area contributed by atoms with Crippen molar-refractivity contribution in [3.05, 3.63) is 0 Å². The second-order valence-electron chi connectivity index (χ2n) is 4.25. The van der Waals surface area contributed by atoms with Crippen molar-refractivity contribution >= 4 is 12.0 Å². The van der Waals surface area contributed by atoms with Gasteiger partial charge in [0.2, 0.25) is 0 Å². The smallest absolute Gasteiger partial charge is 0.314 e. The van der Waals surface area contributed by atoms with Crippen LogP contribution in [-0.4, -0.2) is 54.7 Å². The van der Waals surface area contributed by atoms with E-state index in [1.54, 1.807) is 0 Å². The van der Waals surface area contributed by atoms with Gasteiger partial charge in [0.1, 0.15) is 0 Å². The van der Waals surface area contributed by atoms with Gasteiger partial charge in [0.05, 0.1) is 6.42 Å². The predicted octanol–water partition coefficient (Wildman–Crippen LogP) is 0.491. The maximum Gasteiger partial charge on any atom is 0.314 e. The molecule has 0 spiro atoms. The number of amides is 2. The molecular weight excluding hydrogens is 222 g/mol. The fourth-order valence-electron chi connectivity index (χ4n) is 1.13. The fraction of sp³-hybridized carbons (Fsp3) is 0.818. The average molecular weight is 245 g/mol. The summed E-state index contributed by atoms with van der Waals surface area (Å²) in [6.07, 6.45) is 0.824. The van der Waals surface area contributed by atoms with Gasteiger partial charge in [0, 0.05) is 19.1 Å². The van der Waals surface area contributed by atoms with Gasteiger partial charge >= 0.3 is 12.0 Å². The third kappa shape index (κ3) is 9.62. The molecule has 0 heterocycles. The Morgan fingerprint density at radius 1 is 1.24 bits per heavy atom. The Labute approximate surface area is 102 Å². The van der Waals surface area contributed by atoms with Crippen LogP contribution in [0.2, 0.25) is 0 Å². The van der Waals surface area contributed by atoms with Crippen molar-refractivity contribution in [1.29, 1.82) is 0 Å². The van der Waals surface area contributed by atoms with Crippen LogP contribution in [0.1, 0.15) is 26.7 Å². The third-order valence-electron chi connectivity index (χ3n) is 2.48. The van der Waals surface area contributed by atoms with Crippen molar-refractivity contribution in [2.24, 2.45) is 0 Å². The highest BCUT2D eigenvalue weighted by molar-refractivity contribution is 5.74. The first-order chi connectivity index (χ1) is 7.93. The molecule has 2 amide bonds. The number of carbonyl (C=O) groups is 2. The number of rotatable bonds is 8. The topological polar surface area (TPSA) is 81.7 Å². The van der Waals surface area contributed by atoms with E-state index in [1.165, 1.54) is 0 Å². The molecule has 6 heteroatoms. The molecule has 0 saturated heterocycles. The van der Waals surface area contributed by atoms with Crippen LogP contribution < -0.4 is 10.6 Å². The van der Waals surface area contributed by atoms with Crippen molar-refractivity contribution in [2.75, 3.05) is 26.7 Å². The van der Waals surface area contributed by atoms with Crippen LogP contribution in [0, 0.1) is 0 Å². The number of hydrogen-bond acceptors (Lipinski definition) is 3. The number of carboxylic acid groups (broad SMARTS) is 1. The molecule has 0 aromatic rings. The highest BCUT2D eigenvalue weighted by Gasteiger charge is 2.04. The summed E-state index contributed by atoms with van der Waals surface area (Å²) in [6.45, 7) is 5.91. The maximum absolute atomic E-state index is 11.2. The molecule has 3 N–H and O–H groups in total. The largest absolute Gasteiger partial charge is 0.481 e. The van der Waals surface area contributed by atoms with Gasteiger partial charge in [-0.25, -0.2) is 4.79 Å². The summed E-state index contributed by atoms with van der Waals surface area (Å²) in [4.78, 5) is 23.6. The minimum absolute atomic E-state index is 0.0521. The minimum Gasteiger partial charge on any atom is -0.481 e. The maximum atomic E-state index is 11.2. The van der Waals surface area contributed by atoms with Crippen molar-refractivity contribution in [3.63, 3.8) is 0 Å². The van der Waals surface area contributed by atoms with Crippen LogP contribution in [0.5, 0.6) is 0 Å². The van der Waals surface area contributed by atoms with E-state index in [2.05, 4.69) is 29.4 Å². The highest BCUT2D eigenvalue weighted by atomic mass is 16.4. The van der Waals surface area contributed by atoms with Crippen LogP contribution in [-0.2, 0) is 4.79 Å². The zero-order valence-corrected chi connectivity index (χ0v) is 10.8. The molecule has 0 aliphatic rings. The van der Waals surface area contributed by atoms with Gasteiger partial charge < -0.3 is 20.6 Å². The quantitative estimate of drug-likeness (QED) is 0.544. The zero-order chi connectivity index (χ0) is 13.3. The van der Waals surface area contributed by atoms with E-state index in [1.807, 2.05) is 7.05 Å². The lowest BCUT2D eigenvalue weighted by Gasteiger charge is -2.20. The molecule has 0 aromatic heterocycles. The van der Waals surface area contributed by atoms with Crippen LogP contribution in [0.4, 0.5) is 4.79 Å². The highest BCUT2D eigenvalue weighted by Crippen LogP contribution is 1.93. The molecule has 0 aromatic carbocycles. The van der Waals surface area contributed by atoms with Crippen LogP contribution >= 0.6 is 0 Å². The number of nitrogens with zero attached hydrogens (tertiary/aromatic N) is 1. The lowest BCUT2D eigenvalue weighted by atomic mass is 10.3. The van der Waals surface area contributed by atoms with Crippen LogP contribution in [0.25, 0.3) is 0 Å². The van der Waals surface area contributed by atoms with Gasteiger partial charge in [-0.1, -0.05) is 0 Å². The Hall–Kier alpha value is -1.30. The Balaban J connectivity index is 3.42. The molecule has 0 aliphatic heterocycles. The molecular formula is C11H23N3O3. The molecule has 0 aliphatic carbocycles. The molecule has 0 radical (unpaired) electrons. The lowest BCUT2D eigenvalue weighted by molar-refractivity contribution is -0.136. The monoisotopic (exact) mass is 245 g/mol. The number of aliphatic carboxylic acids is 1. The van der Waals surface area contributed by atoms with E-state index in [4.69, 9.17) is 5.11 Å². The number of nitrogens with one attached hydrogen (secondary N) is 2. The molecule has 100 valence electrons. The number of carbonyl (C=O) groups excluding carboxylic acids is 1. The molecule has 6 nitrogen and oxygen atoms in total. The van der Waals surface area contributed by atoms with Crippen LogP contribution in [0.15, 0.2) is 0 Å².